The number of thiophene rings is 1. The van der Waals surface area contributed by atoms with E-state index in [2.05, 4.69) is 4.98 Å². The average molecular weight is 294 g/mol. The van der Waals surface area contributed by atoms with Crippen LogP contribution >= 0.6 is 34.3 Å². The Balaban J connectivity index is 1.99. The van der Waals surface area contributed by atoms with E-state index in [4.69, 9.17) is 11.6 Å². The fraction of sp³-hybridized carbons (Fsp3) is 0. The van der Waals surface area contributed by atoms with Crippen LogP contribution in [0, 0.1) is 0 Å². The maximum atomic E-state index is 9.46. The van der Waals surface area contributed by atoms with Gasteiger partial charge in [-0.2, -0.15) is 0 Å². The lowest BCUT2D eigenvalue weighted by molar-refractivity contribution is 0.475. The second-order valence-corrected chi connectivity index (χ2v) is 6.13. The summed E-state index contributed by atoms with van der Waals surface area (Å²) in [5, 5.41) is 14.3. The Morgan fingerprint density at radius 3 is 2.67 bits per heavy atom. The van der Waals surface area contributed by atoms with E-state index in [1.54, 1.807) is 23.5 Å². The molecule has 3 rings (SSSR count). The molecular weight excluding hydrogens is 286 g/mol. The van der Waals surface area contributed by atoms with Crippen molar-refractivity contribution >= 4 is 34.3 Å². The number of hydrogen-bond acceptors (Lipinski definition) is 4. The molecule has 1 N–H and O–H groups in total. The molecule has 2 nitrogen and oxygen atoms in total. The molecule has 0 amide bonds. The van der Waals surface area contributed by atoms with Crippen molar-refractivity contribution in [2.75, 3.05) is 0 Å². The maximum Gasteiger partial charge on any atom is 0.124 e. The molecule has 0 radical (unpaired) electrons. The van der Waals surface area contributed by atoms with Crippen molar-refractivity contribution in [1.29, 1.82) is 0 Å². The van der Waals surface area contributed by atoms with Gasteiger partial charge in [0.2, 0.25) is 0 Å². The maximum absolute atomic E-state index is 9.46. The van der Waals surface area contributed by atoms with Gasteiger partial charge >= 0.3 is 0 Å². The number of benzene rings is 1. The molecule has 0 atom stereocenters. The van der Waals surface area contributed by atoms with E-state index in [1.165, 1.54) is 11.3 Å². The molecule has 0 aliphatic carbocycles. The minimum absolute atomic E-state index is 0.253. The highest BCUT2D eigenvalue weighted by Gasteiger charge is 2.08. The number of aromatic nitrogens is 1. The Hall–Kier alpha value is -1.36. The van der Waals surface area contributed by atoms with Crippen molar-refractivity contribution in [3.8, 4) is 27.6 Å². The molecule has 5 heteroatoms. The van der Waals surface area contributed by atoms with Crippen LogP contribution < -0.4 is 0 Å². The van der Waals surface area contributed by atoms with Crippen LogP contribution in [0.25, 0.3) is 21.8 Å². The zero-order chi connectivity index (χ0) is 12.5. The lowest BCUT2D eigenvalue weighted by Gasteiger charge is -1.96. The van der Waals surface area contributed by atoms with Gasteiger partial charge in [0.25, 0.3) is 0 Å². The summed E-state index contributed by atoms with van der Waals surface area (Å²) in [5.41, 5.74) is 2.88. The number of hydrogen-bond donors (Lipinski definition) is 1. The minimum atomic E-state index is 0.253. The summed E-state index contributed by atoms with van der Waals surface area (Å²) < 4.78 is 0.761. The van der Waals surface area contributed by atoms with Gasteiger partial charge in [-0.15, -0.1) is 22.7 Å². The predicted octanol–water partition coefficient (Wildman–Crippen LogP) is 4.90. The molecular formula is C13H8ClNOS2. The Labute approximate surface area is 117 Å². The fourth-order valence-electron chi connectivity index (χ4n) is 1.62. The molecule has 0 aliphatic heterocycles. The van der Waals surface area contributed by atoms with Crippen LogP contribution in [0.1, 0.15) is 0 Å². The van der Waals surface area contributed by atoms with Crippen LogP contribution in [0.4, 0.5) is 0 Å². The number of nitrogens with zero attached hydrogens (tertiary/aromatic N) is 1. The molecule has 18 heavy (non-hydrogen) atoms. The van der Waals surface area contributed by atoms with E-state index >= 15 is 0 Å². The standard InChI is InChI=1S/C13H8ClNOS2/c14-12-5-9(6-17-12)11-7-18-13(15-11)8-2-1-3-10(16)4-8/h1-7,16H. The SMILES string of the molecule is Oc1cccc(-c2nc(-c3csc(Cl)c3)cs2)c1. The third-order valence-electron chi connectivity index (χ3n) is 2.46. The van der Waals surface area contributed by atoms with E-state index in [1.807, 2.05) is 29.0 Å². The summed E-state index contributed by atoms with van der Waals surface area (Å²) in [7, 11) is 0. The predicted molar refractivity (Wildman–Crippen MR) is 77.5 cm³/mol. The van der Waals surface area contributed by atoms with Gasteiger partial charge in [-0.05, 0) is 18.2 Å². The van der Waals surface area contributed by atoms with E-state index in [0.29, 0.717) is 0 Å². The van der Waals surface area contributed by atoms with E-state index < -0.39 is 0 Å². The van der Waals surface area contributed by atoms with E-state index in [0.717, 1.165) is 26.2 Å². The number of phenolic OH excluding ortho intramolecular Hbond substituents is 1. The van der Waals surface area contributed by atoms with Gasteiger partial charge in [0.05, 0.1) is 10.0 Å². The molecule has 0 spiro atoms. The lowest BCUT2D eigenvalue weighted by Crippen LogP contribution is -1.77. The number of phenols is 1. The summed E-state index contributed by atoms with van der Waals surface area (Å²) in [6.07, 6.45) is 0. The van der Waals surface area contributed by atoms with Crippen molar-refractivity contribution in [3.63, 3.8) is 0 Å². The highest BCUT2D eigenvalue weighted by Crippen LogP contribution is 2.33. The normalized spacial score (nSPS) is 10.7. The summed E-state index contributed by atoms with van der Waals surface area (Å²) in [5.74, 6) is 0.253. The number of rotatable bonds is 2. The van der Waals surface area contributed by atoms with Crippen LogP contribution in [0.3, 0.4) is 0 Å². The third kappa shape index (κ3) is 2.27. The molecule has 0 unspecified atom stereocenters. The van der Waals surface area contributed by atoms with Gasteiger partial charge in [0, 0.05) is 21.9 Å². The second kappa shape index (κ2) is 4.72. The Bertz CT molecular complexity index is 690. The molecule has 0 aliphatic rings. The smallest absolute Gasteiger partial charge is 0.124 e. The van der Waals surface area contributed by atoms with E-state index in [-0.39, 0.29) is 5.75 Å². The van der Waals surface area contributed by atoms with Crippen LogP contribution in [-0.4, -0.2) is 10.1 Å². The molecule has 0 saturated carbocycles. The molecule has 2 aromatic heterocycles. The largest absolute Gasteiger partial charge is 0.508 e. The summed E-state index contributed by atoms with van der Waals surface area (Å²) in [4.78, 5) is 4.56. The van der Waals surface area contributed by atoms with Crippen LogP contribution in [0.5, 0.6) is 5.75 Å². The first-order valence-electron chi connectivity index (χ1n) is 5.22. The quantitative estimate of drug-likeness (QED) is 0.729. The van der Waals surface area contributed by atoms with Gasteiger partial charge < -0.3 is 5.11 Å². The van der Waals surface area contributed by atoms with Gasteiger partial charge in [0.15, 0.2) is 0 Å². The van der Waals surface area contributed by atoms with Crippen LogP contribution in [0.15, 0.2) is 41.1 Å². The van der Waals surface area contributed by atoms with Crippen molar-refractivity contribution in [2.24, 2.45) is 0 Å². The Morgan fingerprint density at radius 1 is 1.06 bits per heavy atom. The van der Waals surface area contributed by atoms with Crippen LogP contribution in [0.2, 0.25) is 4.34 Å². The fourth-order valence-corrected chi connectivity index (χ4v) is 3.32. The molecule has 3 aromatic rings. The van der Waals surface area contributed by atoms with Crippen molar-refractivity contribution in [3.05, 3.63) is 45.4 Å². The van der Waals surface area contributed by atoms with Crippen LogP contribution in [-0.2, 0) is 0 Å². The Morgan fingerprint density at radius 2 is 1.94 bits per heavy atom. The number of thiazole rings is 1. The average Bonchev–Trinajstić information content (AvgIpc) is 2.97. The Kier molecular flexibility index (Phi) is 3.07. The second-order valence-electron chi connectivity index (χ2n) is 3.73. The highest BCUT2D eigenvalue weighted by molar-refractivity contribution is 7.15. The van der Waals surface area contributed by atoms with Gasteiger partial charge in [-0.1, -0.05) is 23.7 Å². The van der Waals surface area contributed by atoms with Crippen molar-refractivity contribution in [1.82, 2.24) is 4.98 Å². The first-order chi connectivity index (χ1) is 8.72. The highest BCUT2D eigenvalue weighted by atomic mass is 35.5. The molecule has 1 aromatic carbocycles. The van der Waals surface area contributed by atoms with E-state index in [9.17, 15) is 5.11 Å². The number of halogens is 1. The first kappa shape index (κ1) is 11.7. The molecule has 90 valence electrons. The van der Waals surface area contributed by atoms with Gasteiger partial charge in [-0.25, -0.2) is 4.98 Å². The molecule has 2 heterocycles. The lowest BCUT2D eigenvalue weighted by atomic mass is 10.2. The zero-order valence-electron chi connectivity index (χ0n) is 9.13. The summed E-state index contributed by atoms with van der Waals surface area (Å²) in [6, 6.07) is 9.02. The number of aromatic hydroxyl groups is 1. The molecule has 0 bridgehead atoms. The summed E-state index contributed by atoms with van der Waals surface area (Å²) in [6.45, 7) is 0. The monoisotopic (exact) mass is 293 g/mol. The van der Waals surface area contributed by atoms with Crippen molar-refractivity contribution in [2.45, 2.75) is 0 Å². The zero-order valence-corrected chi connectivity index (χ0v) is 11.5. The third-order valence-corrected chi connectivity index (χ3v) is 4.44. The van der Waals surface area contributed by atoms with Gasteiger partial charge in [0.1, 0.15) is 10.8 Å². The summed E-state index contributed by atoms with van der Waals surface area (Å²) >= 11 is 8.97. The topological polar surface area (TPSA) is 33.1 Å². The first-order valence-corrected chi connectivity index (χ1v) is 7.35. The van der Waals surface area contributed by atoms with Gasteiger partial charge in [-0.3, -0.25) is 0 Å². The molecule has 0 fully saturated rings. The molecule has 0 saturated heterocycles. The van der Waals surface area contributed by atoms with Crippen molar-refractivity contribution < 1.29 is 5.11 Å². The minimum Gasteiger partial charge on any atom is -0.508 e.